The van der Waals surface area contributed by atoms with E-state index in [2.05, 4.69) is 4.98 Å². The maximum absolute atomic E-state index is 13.4. The maximum atomic E-state index is 13.4. The number of hydrogen-bond acceptors (Lipinski definition) is 5. The zero-order valence-electron chi connectivity index (χ0n) is 16.8. The Balaban J connectivity index is 1.79. The molecule has 0 bridgehead atoms. The van der Waals surface area contributed by atoms with Crippen molar-refractivity contribution in [2.24, 2.45) is 0 Å². The molecule has 1 aromatic heterocycles. The van der Waals surface area contributed by atoms with Crippen LogP contribution in [0, 0.1) is 5.82 Å². The van der Waals surface area contributed by atoms with Gasteiger partial charge >= 0.3 is 0 Å². The van der Waals surface area contributed by atoms with Crippen LogP contribution >= 0.6 is 0 Å². The lowest BCUT2D eigenvalue weighted by atomic mass is 10.0. The quantitative estimate of drug-likeness (QED) is 0.745. The monoisotopic (exact) mass is 419 g/mol. The lowest BCUT2D eigenvalue weighted by Crippen LogP contribution is -2.42. The van der Waals surface area contributed by atoms with Gasteiger partial charge in [-0.05, 0) is 43.4 Å². The highest BCUT2D eigenvalue weighted by atomic mass is 32.2. The van der Waals surface area contributed by atoms with E-state index in [1.807, 2.05) is 14.1 Å². The summed E-state index contributed by atoms with van der Waals surface area (Å²) in [6.07, 6.45) is 4.99. The van der Waals surface area contributed by atoms with Crippen molar-refractivity contribution in [2.75, 3.05) is 38.6 Å². The van der Waals surface area contributed by atoms with Crippen molar-refractivity contribution < 1.29 is 12.8 Å². The second kappa shape index (κ2) is 7.97. The average molecular weight is 420 g/mol. The fraction of sp³-hybridized carbons (Fsp3) is 0.500. The van der Waals surface area contributed by atoms with E-state index in [4.69, 9.17) is 4.98 Å². The molecule has 0 unspecified atom stereocenters. The lowest BCUT2D eigenvalue weighted by Gasteiger charge is -2.29. The van der Waals surface area contributed by atoms with Gasteiger partial charge in [-0.2, -0.15) is 17.0 Å². The number of rotatable bonds is 5. The van der Waals surface area contributed by atoms with Crippen molar-refractivity contribution >= 4 is 16.2 Å². The highest BCUT2D eigenvalue weighted by Crippen LogP contribution is 2.39. The minimum atomic E-state index is -3.54. The van der Waals surface area contributed by atoms with E-state index in [1.165, 1.54) is 12.1 Å². The molecule has 156 valence electrons. The predicted octanol–water partition coefficient (Wildman–Crippen LogP) is 2.83. The van der Waals surface area contributed by atoms with Gasteiger partial charge < -0.3 is 4.90 Å². The van der Waals surface area contributed by atoms with Gasteiger partial charge in [0, 0.05) is 45.5 Å². The van der Waals surface area contributed by atoms with E-state index in [0.717, 1.165) is 30.4 Å². The Morgan fingerprint density at radius 1 is 1.07 bits per heavy atom. The fourth-order valence-corrected chi connectivity index (χ4v) is 5.97. The summed E-state index contributed by atoms with van der Waals surface area (Å²) in [5.74, 6) is 0.205. The molecule has 0 radical (unpaired) electrons. The first-order valence-corrected chi connectivity index (χ1v) is 11.3. The van der Waals surface area contributed by atoms with Crippen LogP contribution in [-0.4, -0.2) is 60.7 Å². The second-order valence-corrected chi connectivity index (χ2v) is 9.63. The standard InChI is InChI=1S/C20H26FN5O2S/c1-24(2)20-22-14-17(15-7-9-16(21)10-8-15)19(23-20)18-6-5-13-26(18)29(27,28)25-11-3-4-12-25/h7-10,14,18H,3-6,11-13H2,1-2H3/t18-/m0/s1. The van der Waals surface area contributed by atoms with E-state index < -0.39 is 10.2 Å². The number of halogens is 1. The van der Waals surface area contributed by atoms with Gasteiger partial charge in [-0.25, -0.2) is 14.4 Å². The Hall–Kier alpha value is -2.10. The summed E-state index contributed by atoms with van der Waals surface area (Å²) in [4.78, 5) is 11.0. The lowest BCUT2D eigenvalue weighted by molar-refractivity contribution is 0.345. The molecule has 2 aromatic rings. The van der Waals surface area contributed by atoms with Crippen molar-refractivity contribution in [3.05, 3.63) is 42.0 Å². The second-order valence-electron chi connectivity index (χ2n) is 7.75. The molecule has 0 saturated carbocycles. The third kappa shape index (κ3) is 3.86. The van der Waals surface area contributed by atoms with Crippen molar-refractivity contribution in [1.29, 1.82) is 0 Å². The normalized spacial score (nSPS) is 21.0. The minimum absolute atomic E-state index is 0.319. The zero-order valence-corrected chi connectivity index (χ0v) is 17.6. The molecule has 4 rings (SSSR count). The van der Waals surface area contributed by atoms with Crippen LogP contribution in [0.15, 0.2) is 30.5 Å². The average Bonchev–Trinajstić information content (AvgIpc) is 3.41. The Bertz CT molecular complexity index is 975. The number of hydrogen-bond donors (Lipinski definition) is 0. The van der Waals surface area contributed by atoms with Gasteiger partial charge in [-0.1, -0.05) is 12.1 Å². The smallest absolute Gasteiger partial charge is 0.282 e. The zero-order chi connectivity index (χ0) is 20.6. The van der Waals surface area contributed by atoms with Gasteiger partial charge in [-0.3, -0.25) is 0 Å². The summed E-state index contributed by atoms with van der Waals surface area (Å²) in [7, 11) is 0.161. The number of benzene rings is 1. The Morgan fingerprint density at radius 3 is 2.41 bits per heavy atom. The van der Waals surface area contributed by atoms with Crippen molar-refractivity contribution in [2.45, 2.75) is 31.7 Å². The number of nitrogens with zero attached hydrogens (tertiary/aromatic N) is 5. The first kappa shape index (κ1) is 20.2. The van der Waals surface area contributed by atoms with Gasteiger partial charge in [0.15, 0.2) is 0 Å². The highest BCUT2D eigenvalue weighted by Gasteiger charge is 2.41. The van der Waals surface area contributed by atoms with Gasteiger partial charge in [0.05, 0.1) is 11.7 Å². The molecule has 1 aromatic carbocycles. The highest BCUT2D eigenvalue weighted by molar-refractivity contribution is 7.86. The molecule has 3 heterocycles. The van der Waals surface area contributed by atoms with Crippen molar-refractivity contribution in [3.8, 4) is 11.1 Å². The van der Waals surface area contributed by atoms with Crippen LogP contribution in [0.2, 0.25) is 0 Å². The Kier molecular flexibility index (Phi) is 5.54. The van der Waals surface area contributed by atoms with E-state index in [0.29, 0.717) is 37.7 Å². The van der Waals surface area contributed by atoms with Gasteiger partial charge in [-0.15, -0.1) is 0 Å². The van der Waals surface area contributed by atoms with E-state index in [9.17, 15) is 12.8 Å². The van der Waals surface area contributed by atoms with Crippen LogP contribution in [0.4, 0.5) is 10.3 Å². The summed E-state index contributed by atoms with van der Waals surface area (Å²) in [5, 5.41) is 0. The van der Waals surface area contributed by atoms with Crippen LogP contribution in [-0.2, 0) is 10.2 Å². The summed E-state index contributed by atoms with van der Waals surface area (Å²) >= 11 is 0. The maximum Gasteiger partial charge on any atom is 0.282 e. The van der Waals surface area contributed by atoms with E-state index in [1.54, 1.807) is 31.8 Å². The largest absolute Gasteiger partial charge is 0.347 e. The Morgan fingerprint density at radius 2 is 1.76 bits per heavy atom. The molecule has 0 amide bonds. The molecule has 1 atom stereocenters. The van der Waals surface area contributed by atoms with Gasteiger partial charge in [0.2, 0.25) is 5.95 Å². The summed E-state index contributed by atoms with van der Waals surface area (Å²) in [6, 6.07) is 5.79. The Labute approximate surface area is 171 Å². The van der Waals surface area contributed by atoms with Gasteiger partial charge in [0.1, 0.15) is 5.82 Å². The van der Waals surface area contributed by atoms with Crippen molar-refractivity contribution in [3.63, 3.8) is 0 Å². The van der Waals surface area contributed by atoms with Crippen LogP contribution in [0.1, 0.15) is 37.4 Å². The third-order valence-corrected chi connectivity index (χ3v) is 7.62. The third-order valence-electron chi connectivity index (χ3n) is 5.57. The van der Waals surface area contributed by atoms with Gasteiger partial charge in [0.25, 0.3) is 10.2 Å². The fourth-order valence-electron chi connectivity index (χ4n) is 4.06. The number of anilines is 1. The summed E-state index contributed by atoms with van der Waals surface area (Å²) < 4.78 is 43.2. The molecule has 2 fully saturated rings. The first-order valence-electron chi connectivity index (χ1n) is 9.95. The molecule has 0 spiro atoms. The van der Waals surface area contributed by atoms with E-state index in [-0.39, 0.29) is 11.9 Å². The summed E-state index contributed by atoms with van der Waals surface area (Å²) in [5.41, 5.74) is 2.19. The number of aromatic nitrogens is 2. The topological polar surface area (TPSA) is 69.6 Å². The molecule has 2 aliphatic heterocycles. The van der Waals surface area contributed by atoms with Crippen molar-refractivity contribution in [1.82, 2.24) is 18.6 Å². The van der Waals surface area contributed by atoms with Crippen LogP contribution in [0.5, 0.6) is 0 Å². The SMILES string of the molecule is CN(C)c1ncc(-c2ccc(F)cc2)c([C@@H]2CCCN2S(=O)(=O)N2CCCC2)n1. The van der Waals surface area contributed by atoms with Crippen LogP contribution in [0.25, 0.3) is 11.1 Å². The molecule has 9 heteroatoms. The molecular formula is C20H26FN5O2S. The molecule has 0 aliphatic carbocycles. The van der Waals surface area contributed by atoms with Crippen LogP contribution < -0.4 is 4.90 Å². The minimum Gasteiger partial charge on any atom is -0.347 e. The molecule has 2 aliphatic rings. The molecule has 29 heavy (non-hydrogen) atoms. The first-order chi connectivity index (χ1) is 13.9. The van der Waals surface area contributed by atoms with E-state index >= 15 is 0 Å². The van der Waals surface area contributed by atoms with Crippen LogP contribution in [0.3, 0.4) is 0 Å². The molecular weight excluding hydrogens is 393 g/mol. The predicted molar refractivity (Wildman–Crippen MR) is 110 cm³/mol. The molecule has 0 N–H and O–H groups in total. The molecule has 7 nitrogen and oxygen atoms in total. The summed E-state index contributed by atoms with van der Waals surface area (Å²) in [6.45, 7) is 1.62. The molecule has 2 saturated heterocycles.